The summed E-state index contributed by atoms with van der Waals surface area (Å²) in [5.41, 5.74) is 0. The van der Waals surface area contributed by atoms with Gasteiger partial charge in [0.2, 0.25) is 10.0 Å². The van der Waals surface area contributed by atoms with Gasteiger partial charge >= 0.3 is 5.97 Å². The molecule has 17 heavy (non-hydrogen) atoms. The first-order valence-electron chi connectivity index (χ1n) is 6.08. The lowest BCUT2D eigenvalue weighted by atomic mass is 10.0. The van der Waals surface area contributed by atoms with E-state index in [0.717, 1.165) is 12.8 Å². The summed E-state index contributed by atoms with van der Waals surface area (Å²) >= 11 is 0. The number of sulfonamides is 1. The Kier molecular flexibility index (Phi) is 5.39. The van der Waals surface area contributed by atoms with Crippen LogP contribution in [-0.2, 0) is 14.8 Å². The van der Waals surface area contributed by atoms with Gasteiger partial charge in [-0.1, -0.05) is 6.92 Å². The number of hydrogen-bond donors (Lipinski definition) is 2. The third kappa shape index (κ3) is 7.33. The highest BCUT2D eigenvalue weighted by Gasteiger charge is 2.27. The van der Waals surface area contributed by atoms with Gasteiger partial charge in [-0.3, -0.25) is 4.79 Å². The molecular weight excluding hydrogens is 242 g/mol. The van der Waals surface area contributed by atoms with Gasteiger partial charge in [0.25, 0.3) is 0 Å². The van der Waals surface area contributed by atoms with E-state index < -0.39 is 16.0 Å². The molecule has 0 heterocycles. The first-order chi connectivity index (χ1) is 7.89. The number of carbonyl (C=O) groups is 1. The lowest BCUT2D eigenvalue weighted by molar-refractivity contribution is -0.137. The Morgan fingerprint density at radius 1 is 1.41 bits per heavy atom. The second-order valence-electron chi connectivity index (χ2n) is 4.95. The molecule has 1 aliphatic carbocycles. The Balaban J connectivity index is 2.11. The SMILES string of the molecule is CC(CCNS(=O)(=O)CC1CC1)CCC(=O)O. The van der Waals surface area contributed by atoms with Crippen LogP contribution < -0.4 is 4.72 Å². The van der Waals surface area contributed by atoms with E-state index in [4.69, 9.17) is 5.11 Å². The van der Waals surface area contributed by atoms with Crippen molar-refractivity contribution in [1.29, 1.82) is 0 Å². The first-order valence-corrected chi connectivity index (χ1v) is 7.73. The summed E-state index contributed by atoms with van der Waals surface area (Å²) in [5.74, 6) is 0.0362. The van der Waals surface area contributed by atoms with Crippen LogP contribution in [-0.4, -0.2) is 31.8 Å². The molecule has 0 spiro atoms. The quantitative estimate of drug-likeness (QED) is 0.655. The molecule has 6 heteroatoms. The summed E-state index contributed by atoms with van der Waals surface area (Å²) < 4.78 is 25.6. The van der Waals surface area contributed by atoms with Crippen molar-refractivity contribution < 1.29 is 18.3 Å². The number of aliphatic carboxylic acids is 1. The van der Waals surface area contributed by atoms with Gasteiger partial charge in [0.1, 0.15) is 0 Å². The molecule has 1 saturated carbocycles. The summed E-state index contributed by atoms with van der Waals surface area (Å²) in [6.45, 7) is 2.36. The van der Waals surface area contributed by atoms with Gasteiger partial charge in [0.05, 0.1) is 5.75 Å². The monoisotopic (exact) mass is 263 g/mol. The smallest absolute Gasteiger partial charge is 0.303 e. The van der Waals surface area contributed by atoms with Crippen molar-refractivity contribution >= 4 is 16.0 Å². The van der Waals surface area contributed by atoms with Gasteiger partial charge < -0.3 is 5.11 Å². The fourth-order valence-electron chi connectivity index (χ4n) is 1.63. The van der Waals surface area contributed by atoms with Gasteiger partial charge in [-0.25, -0.2) is 13.1 Å². The Hall–Kier alpha value is -0.620. The lowest BCUT2D eigenvalue weighted by Crippen LogP contribution is -2.29. The highest BCUT2D eigenvalue weighted by Crippen LogP contribution is 2.29. The molecule has 0 amide bonds. The standard InChI is InChI=1S/C11H21NO4S/c1-9(2-5-11(13)14)6-7-12-17(15,16)8-10-3-4-10/h9-10,12H,2-8H2,1H3,(H,13,14). The second-order valence-corrected chi connectivity index (χ2v) is 6.80. The van der Waals surface area contributed by atoms with Crippen LogP contribution in [0.1, 0.15) is 39.0 Å². The predicted molar refractivity (Wildman–Crippen MR) is 65.2 cm³/mol. The molecule has 2 N–H and O–H groups in total. The van der Waals surface area contributed by atoms with Crippen LogP contribution in [0.5, 0.6) is 0 Å². The van der Waals surface area contributed by atoms with E-state index in [1.54, 1.807) is 0 Å². The van der Waals surface area contributed by atoms with E-state index >= 15 is 0 Å². The minimum absolute atomic E-state index is 0.149. The highest BCUT2D eigenvalue weighted by atomic mass is 32.2. The van der Waals surface area contributed by atoms with Crippen LogP contribution in [0.4, 0.5) is 0 Å². The van der Waals surface area contributed by atoms with Crippen LogP contribution in [0.25, 0.3) is 0 Å². The maximum Gasteiger partial charge on any atom is 0.303 e. The summed E-state index contributed by atoms with van der Waals surface area (Å²) in [6.07, 6.45) is 3.48. The number of hydrogen-bond acceptors (Lipinski definition) is 3. The number of carboxylic acids is 1. The van der Waals surface area contributed by atoms with Crippen molar-refractivity contribution in [3.8, 4) is 0 Å². The Bertz CT molecular complexity index is 348. The molecule has 1 atom stereocenters. The van der Waals surface area contributed by atoms with Crippen LogP contribution in [0.2, 0.25) is 0 Å². The van der Waals surface area contributed by atoms with Crippen molar-refractivity contribution in [3.63, 3.8) is 0 Å². The summed E-state index contributed by atoms with van der Waals surface area (Å²) in [6, 6.07) is 0. The molecule has 1 fully saturated rings. The second kappa shape index (κ2) is 6.35. The number of rotatable bonds is 9. The molecular formula is C11H21NO4S. The molecule has 1 aliphatic rings. The summed E-state index contributed by atoms with van der Waals surface area (Å²) in [4.78, 5) is 10.4. The van der Waals surface area contributed by atoms with E-state index in [-0.39, 0.29) is 18.1 Å². The van der Waals surface area contributed by atoms with Gasteiger partial charge in [-0.15, -0.1) is 0 Å². The van der Waals surface area contributed by atoms with Crippen molar-refractivity contribution in [1.82, 2.24) is 4.72 Å². The molecule has 5 nitrogen and oxygen atoms in total. The minimum atomic E-state index is -3.11. The van der Waals surface area contributed by atoms with E-state index in [0.29, 0.717) is 25.3 Å². The largest absolute Gasteiger partial charge is 0.481 e. The molecule has 0 saturated heterocycles. The Labute approximate surface area is 103 Å². The average Bonchev–Trinajstić information content (AvgIpc) is 2.97. The molecule has 1 rings (SSSR count). The number of nitrogens with one attached hydrogen (secondary N) is 1. The van der Waals surface area contributed by atoms with Gasteiger partial charge in [0.15, 0.2) is 0 Å². The minimum Gasteiger partial charge on any atom is -0.481 e. The number of carboxylic acid groups (broad SMARTS) is 1. The fourth-order valence-corrected chi connectivity index (χ4v) is 3.13. The molecule has 0 radical (unpaired) electrons. The zero-order valence-corrected chi connectivity index (χ0v) is 11.0. The molecule has 0 bridgehead atoms. The third-order valence-corrected chi connectivity index (χ3v) is 4.52. The third-order valence-electron chi connectivity index (χ3n) is 2.96. The predicted octanol–water partition coefficient (Wildman–Crippen LogP) is 1.21. The molecule has 0 aromatic rings. The maximum absolute atomic E-state index is 11.5. The highest BCUT2D eigenvalue weighted by molar-refractivity contribution is 7.89. The Morgan fingerprint density at radius 2 is 2.06 bits per heavy atom. The molecule has 100 valence electrons. The van der Waals surface area contributed by atoms with Crippen molar-refractivity contribution in [2.45, 2.75) is 39.0 Å². The van der Waals surface area contributed by atoms with Gasteiger partial charge in [-0.05, 0) is 37.5 Å². The molecule has 1 unspecified atom stereocenters. The molecule has 0 aromatic carbocycles. The Morgan fingerprint density at radius 3 is 2.59 bits per heavy atom. The molecule has 0 aliphatic heterocycles. The normalized spacial score (nSPS) is 17.9. The van der Waals surface area contributed by atoms with E-state index in [1.165, 1.54) is 0 Å². The van der Waals surface area contributed by atoms with E-state index in [9.17, 15) is 13.2 Å². The van der Waals surface area contributed by atoms with Gasteiger partial charge in [0, 0.05) is 13.0 Å². The maximum atomic E-state index is 11.5. The lowest BCUT2D eigenvalue weighted by Gasteiger charge is -2.10. The van der Waals surface area contributed by atoms with Crippen LogP contribution >= 0.6 is 0 Å². The van der Waals surface area contributed by atoms with E-state index in [1.807, 2.05) is 6.92 Å². The van der Waals surface area contributed by atoms with E-state index in [2.05, 4.69) is 4.72 Å². The van der Waals surface area contributed by atoms with Crippen LogP contribution in [0, 0.1) is 11.8 Å². The zero-order chi connectivity index (χ0) is 12.9. The van der Waals surface area contributed by atoms with Crippen molar-refractivity contribution in [2.24, 2.45) is 11.8 Å². The average molecular weight is 263 g/mol. The van der Waals surface area contributed by atoms with Gasteiger partial charge in [-0.2, -0.15) is 0 Å². The van der Waals surface area contributed by atoms with Crippen LogP contribution in [0.3, 0.4) is 0 Å². The summed E-state index contributed by atoms with van der Waals surface area (Å²) in [7, 11) is -3.11. The first kappa shape index (κ1) is 14.4. The van der Waals surface area contributed by atoms with Crippen molar-refractivity contribution in [2.75, 3.05) is 12.3 Å². The summed E-state index contributed by atoms with van der Waals surface area (Å²) in [5, 5.41) is 8.51. The zero-order valence-electron chi connectivity index (χ0n) is 10.2. The molecule has 0 aromatic heterocycles. The van der Waals surface area contributed by atoms with Crippen molar-refractivity contribution in [3.05, 3.63) is 0 Å². The fraction of sp³-hybridized carbons (Fsp3) is 0.909. The topological polar surface area (TPSA) is 83.5 Å². The van der Waals surface area contributed by atoms with Crippen LogP contribution in [0.15, 0.2) is 0 Å².